The number of benzene rings is 1. The fraction of sp³-hybridized carbons (Fsp3) is 0.593. The van der Waals surface area contributed by atoms with Crippen LogP contribution in [-0.4, -0.2) is 83.0 Å². The van der Waals surface area contributed by atoms with E-state index in [1.54, 1.807) is 4.90 Å². The van der Waals surface area contributed by atoms with Gasteiger partial charge in [0.1, 0.15) is 5.25 Å². The number of nitriles is 1. The highest BCUT2D eigenvalue weighted by atomic mass is 32.2. The molecule has 2 amide bonds. The molecule has 0 aliphatic carbocycles. The maximum absolute atomic E-state index is 13.0. The number of nitrogens with one attached hydrogen (secondary N) is 2. The molecule has 2 fully saturated rings. The lowest BCUT2D eigenvalue weighted by Crippen LogP contribution is -2.40. The first-order valence-electron chi connectivity index (χ1n) is 11.7. The van der Waals surface area contributed by atoms with Crippen LogP contribution < -0.4 is 10.6 Å². The molecule has 0 bridgehead atoms. The van der Waals surface area contributed by atoms with E-state index in [4.69, 9.17) is 6.42 Å². The molecule has 7 nitrogen and oxygen atoms in total. The lowest BCUT2D eigenvalue weighted by molar-refractivity contribution is -0.130. The van der Waals surface area contributed by atoms with Gasteiger partial charge in [-0.15, -0.1) is 18.2 Å². The molecule has 36 heavy (non-hydrogen) atoms. The first-order chi connectivity index (χ1) is 16.5. The summed E-state index contributed by atoms with van der Waals surface area (Å²) in [7, 11) is 0. The second-order valence-electron chi connectivity index (χ2n) is 8.35. The topological polar surface area (TPSA) is 88.5 Å². The number of hydrogen-bond donors (Lipinski definition) is 2. The van der Waals surface area contributed by atoms with E-state index in [9.17, 15) is 14.9 Å². The van der Waals surface area contributed by atoms with Gasteiger partial charge in [-0.25, -0.2) is 0 Å². The van der Waals surface area contributed by atoms with E-state index < -0.39 is 5.92 Å². The maximum Gasteiger partial charge on any atom is 0.238 e. The third-order valence-corrected chi connectivity index (χ3v) is 8.55. The molecule has 9 heteroatoms. The van der Waals surface area contributed by atoms with Gasteiger partial charge < -0.3 is 20.4 Å². The van der Waals surface area contributed by atoms with Crippen molar-refractivity contribution in [1.29, 1.82) is 5.26 Å². The summed E-state index contributed by atoms with van der Waals surface area (Å²) < 4.78 is 0. The van der Waals surface area contributed by atoms with Crippen molar-refractivity contribution < 1.29 is 12.4 Å². The highest BCUT2D eigenvalue weighted by Gasteiger charge is 2.43. The molecule has 0 saturated carbocycles. The zero-order valence-corrected chi connectivity index (χ0v) is 21.3. The van der Waals surface area contributed by atoms with Gasteiger partial charge in [-0.1, -0.05) is 32.9 Å². The van der Waals surface area contributed by atoms with Crippen molar-refractivity contribution >= 4 is 41.0 Å². The van der Waals surface area contributed by atoms with Gasteiger partial charge in [0.25, 0.3) is 0 Å². The lowest BCUT2D eigenvalue weighted by Gasteiger charge is -2.26. The summed E-state index contributed by atoms with van der Waals surface area (Å²) in [4.78, 5) is 29.3. The molecule has 0 aromatic heterocycles. The summed E-state index contributed by atoms with van der Waals surface area (Å²) in [6, 6.07) is 10.6. The minimum absolute atomic E-state index is 0. The van der Waals surface area contributed by atoms with E-state index in [2.05, 4.69) is 45.7 Å². The SMILES string of the molecule is C.C.C#CCNC(=O)CC(C#N)[C@@H]1SC(CNc2cccc(CCN3CCSCC3)c2)C(=O)N1CC.[HH].[HH]. The Bertz CT molecular complexity index is 935. The average Bonchev–Trinajstić information content (AvgIpc) is 3.19. The molecule has 3 rings (SSSR count). The van der Waals surface area contributed by atoms with Crippen molar-refractivity contribution in [3.8, 4) is 18.4 Å². The molecule has 2 aliphatic heterocycles. The number of carbonyl (C=O) groups excluding carboxylic acids is 2. The van der Waals surface area contributed by atoms with Gasteiger partial charge >= 0.3 is 0 Å². The number of terminal acetylenes is 1. The van der Waals surface area contributed by atoms with Gasteiger partial charge in [-0.2, -0.15) is 17.0 Å². The van der Waals surface area contributed by atoms with Crippen molar-refractivity contribution in [1.82, 2.24) is 15.1 Å². The molecule has 0 radical (unpaired) electrons. The highest BCUT2D eigenvalue weighted by Crippen LogP contribution is 2.37. The molecule has 1 aromatic carbocycles. The zero-order valence-electron chi connectivity index (χ0n) is 19.7. The summed E-state index contributed by atoms with van der Waals surface area (Å²) in [6.45, 7) is 6.40. The van der Waals surface area contributed by atoms with Gasteiger partial charge in [-0.3, -0.25) is 9.59 Å². The summed E-state index contributed by atoms with van der Waals surface area (Å²) in [5.41, 5.74) is 2.28. The van der Waals surface area contributed by atoms with E-state index in [1.165, 1.54) is 28.8 Å². The summed E-state index contributed by atoms with van der Waals surface area (Å²) in [5, 5.41) is 15.1. The van der Waals surface area contributed by atoms with E-state index in [-0.39, 0.29) is 53.1 Å². The predicted octanol–water partition coefficient (Wildman–Crippen LogP) is 4.02. The van der Waals surface area contributed by atoms with Crippen LogP contribution in [0.25, 0.3) is 0 Å². The quantitative estimate of drug-likeness (QED) is 0.414. The van der Waals surface area contributed by atoms with Crippen molar-refractivity contribution in [2.24, 2.45) is 5.92 Å². The van der Waals surface area contributed by atoms with E-state index in [1.807, 2.05) is 24.8 Å². The molecular weight excluding hydrogens is 490 g/mol. The van der Waals surface area contributed by atoms with Crippen LogP contribution in [0.2, 0.25) is 0 Å². The van der Waals surface area contributed by atoms with Crippen LogP contribution in [0.4, 0.5) is 5.69 Å². The summed E-state index contributed by atoms with van der Waals surface area (Å²) >= 11 is 3.49. The Morgan fingerprint density at radius 1 is 1.33 bits per heavy atom. The number of hydrogen-bond acceptors (Lipinski definition) is 7. The van der Waals surface area contributed by atoms with Crippen LogP contribution >= 0.6 is 23.5 Å². The number of thioether (sulfide) groups is 2. The number of anilines is 1. The molecule has 2 heterocycles. The Labute approximate surface area is 229 Å². The van der Waals surface area contributed by atoms with E-state index in [0.29, 0.717) is 13.1 Å². The van der Waals surface area contributed by atoms with Crippen LogP contribution in [-0.2, 0) is 16.0 Å². The fourth-order valence-electron chi connectivity index (χ4n) is 4.18. The maximum atomic E-state index is 13.0. The second kappa shape index (κ2) is 16.4. The third kappa shape index (κ3) is 8.96. The Morgan fingerprint density at radius 2 is 2.08 bits per heavy atom. The Balaban J connectivity index is 0. The molecule has 0 spiro atoms. The standard InChI is InChI=1S/C25H33N5O2S2.2CH4.2H2/c1-3-9-27-23(31)16-20(17-26)25-30(4-2)24(32)22(34-25)18-28-21-7-5-6-19(15-21)8-10-29-11-13-33-14-12-29;;;;/h1,5-7,15,20,22,25,28H,4,8-14,16,18H2,2H3,(H,27,31);2*1H4;2*1H/t20?,22?,25-;;;;/m0..../s1. The molecule has 2 saturated heterocycles. The Morgan fingerprint density at radius 3 is 2.75 bits per heavy atom. The molecule has 2 aliphatic rings. The van der Waals surface area contributed by atoms with Gasteiger partial charge in [0.2, 0.25) is 11.8 Å². The summed E-state index contributed by atoms with van der Waals surface area (Å²) in [6.07, 6.45) is 6.22. The van der Waals surface area contributed by atoms with Crippen molar-refractivity contribution in [2.75, 3.05) is 56.1 Å². The van der Waals surface area contributed by atoms with Crippen molar-refractivity contribution in [3.63, 3.8) is 0 Å². The van der Waals surface area contributed by atoms with Gasteiger partial charge in [0.15, 0.2) is 0 Å². The monoisotopic (exact) mass is 535 g/mol. The third-order valence-electron chi connectivity index (χ3n) is 6.05. The average molecular weight is 536 g/mol. The molecule has 2 unspecified atom stereocenters. The van der Waals surface area contributed by atoms with Crippen LogP contribution in [0.1, 0.15) is 36.6 Å². The molecule has 202 valence electrons. The van der Waals surface area contributed by atoms with E-state index in [0.717, 1.165) is 31.7 Å². The van der Waals surface area contributed by atoms with Gasteiger partial charge in [0, 0.05) is 59.2 Å². The Kier molecular flexibility index (Phi) is 14.5. The van der Waals surface area contributed by atoms with Crippen molar-refractivity contribution in [3.05, 3.63) is 29.8 Å². The van der Waals surface area contributed by atoms with Gasteiger partial charge in [0.05, 0.1) is 23.9 Å². The molecule has 3 atom stereocenters. The first kappa shape index (κ1) is 31.7. The number of amides is 2. The summed E-state index contributed by atoms with van der Waals surface area (Å²) in [5.74, 6) is 3.94. The predicted molar refractivity (Wildman–Crippen MR) is 158 cm³/mol. The normalized spacial score (nSPS) is 20.3. The van der Waals surface area contributed by atoms with E-state index >= 15 is 0 Å². The highest BCUT2D eigenvalue weighted by molar-refractivity contribution is 8.01. The first-order valence-corrected chi connectivity index (χ1v) is 13.8. The van der Waals surface area contributed by atoms with Crippen LogP contribution in [0.15, 0.2) is 24.3 Å². The zero-order chi connectivity index (χ0) is 24.3. The molecule has 2 N–H and O–H groups in total. The van der Waals surface area contributed by atoms with Crippen molar-refractivity contribution in [2.45, 2.75) is 45.2 Å². The number of rotatable bonds is 11. The lowest BCUT2D eigenvalue weighted by atomic mass is 10.1. The largest absolute Gasteiger partial charge is 0.383 e. The fourth-order valence-corrected chi connectivity index (χ4v) is 6.68. The molecular formula is C27H45N5O2S2. The van der Waals surface area contributed by atoms with Gasteiger partial charge in [-0.05, 0) is 31.0 Å². The Hall–Kier alpha value is -2.33. The van der Waals surface area contributed by atoms with Crippen LogP contribution in [0.3, 0.4) is 0 Å². The number of nitrogens with zero attached hydrogens (tertiary/aromatic N) is 3. The molecule has 1 aromatic rings. The number of carbonyl (C=O) groups is 2. The smallest absolute Gasteiger partial charge is 0.238 e. The minimum Gasteiger partial charge on any atom is -0.383 e. The van der Waals surface area contributed by atoms with Crippen LogP contribution in [0, 0.1) is 29.6 Å². The van der Waals surface area contributed by atoms with Crippen LogP contribution in [0.5, 0.6) is 0 Å². The minimum atomic E-state index is -0.590. The second-order valence-corrected chi connectivity index (χ2v) is 10.9.